The average Bonchev–Trinajstić information content (AvgIpc) is 2.95. The Bertz CT molecular complexity index is 991. The van der Waals surface area contributed by atoms with Crippen molar-refractivity contribution in [3.05, 3.63) is 53.1 Å². The van der Waals surface area contributed by atoms with Crippen LogP contribution in [-0.4, -0.2) is 72.0 Å². The van der Waals surface area contributed by atoms with Crippen LogP contribution in [0.2, 0.25) is 5.02 Å². The Kier molecular flexibility index (Phi) is 7.29. The van der Waals surface area contributed by atoms with Gasteiger partial charge in [0.05, 0.1) is 12.2 Å². The molecule has 1 atom stereocenters. The number of hydrogen-bond donors (Lipinski definition) is 2. The van der Waals surface area contributed by atoms with Gasteiger partial charge in [-0.05, 0) is 36.8 Å². The van der Waals surface area contributed by atoms with Crippen molar-refractivity contribution in [2.24, 2.45) is 4.99 Å². The number of piperazine rings is 1. The molecule has 32 heavy (non-hydrogen) atoms. The number of fused-ring (bicyclic) bond motifs is 2. The third kappa shape index (κ3) is 5.06. The van der Waals surface area contributed by atoms with Crippen LogP contribution in [0.25, 0.3) is 0 Å². The summed E-state index contributed by atoms with van der Waals surface area (Å²) in [5.74, 6) is 2.29. The van der Waals surface area contributed by atoms with Gasteiger partial charge < -0.3 is 25.0 Å². The Morgan fingerprint density at radius 1 is 1.28 bits per heavy atom. The first-order chi connectivity index (χ1) is 15.6. The van der Waals surface area contributed by atoms with Crippen molar-refractivity contribution in [1.29, 1.82) is 0 Å². The zero-order valence-corrected chi connectivity index (χ0v) is 19.0. The molecule has 0 aliphatic carbocycles. The molecule has 1 fully saturated rings. The SMILES string of the molecule is CCCN(CCO)C(=O)C[C@H]1CN(C2=Nc3cc(Cl)ccc3Oc3ccccc32)CCN1. The van der Waals surface area contributed by atoms with Crippen LogP contribution in [0.15, 0.2) is 47.5 Å². The van der Waals surface area contributed by atoms with Crippen molar-refractivity contribution >= 4 is 29.0 Å². The Morgan fingerprint density at radius 3 is 2.94 bits per heavy atom. The topological polar surface area (TPSA) is 77.4 Å². The number of rotatable bonds is 6. The number of hydrogen-bond acceptors (Lipinski definition) is 6. The van der Waals surface area contributed by atoms with Crippen LogP contribution < -0.4 is 10.1 Å². The van der Waals surface area contributed by atoms with E-state index in [1.54, 1.807) is 11.0 Å². The van der Waals surface area contributed by atoms with E-state index in [-0.39, 0.29) is 18.6 Å². The van der Waals surface area contributed by atoms with Crippen molar-refractivity contribution in [3.63, 3.8) is 0 Å². The first-order valence-corrected chi connectivity index (χ1v) is 11.5. The summed E-state index contributed by atoms with van der Waals surface area (Å²) in [6, 6.07) is 13.3. The molecule has 0 spiro atoms. The Hall–Kier alpha value is -2.61. The van der Waals surface area contributed by atoms with E-state index in [2.05, 4.69) is 10.2 Å². The number of amides is 1. The number of carbonyl (C=O) groups excluding carboxylic acids is 1. The van der Waals surface area contributed by atoms with Crippen molar-refractivity contribution < 1.29 is 14.6 Å². The summed E-state index contributed by atoms with van der Waals surface area (Å²) in [5, 5.41) is 13.4. The maximum Gasteiger partial charge on any atom is 0.224 e. The molecular formula is C24H29ClN4O3. The fourth-order valence-corrected chi connectivity index (χ4v) is 4.35. The molecule has 1 saturated heterocycles. The summed E-state index contributed by atoms with van der Waals surface area (Å²) in [6.45, 7) is 5.20. The quantitative estimate of drug-likeness (QED) is 0.696. The van der Waals surface area contributed by atoms with Crippen LogP contribution in [0, 0.1) is 0 Å². The average molecular weight is 457 g/mol. The summed E-state index contributed by atoms with van der Waals surface area (Å²) >= 11 is 6.23. The normalized spacial score (nSPS) is 17.5. The van der Waals surface area contributed by atoms with Crippen molar-refractivity contribution in [3.8, 4) is 11.5 Å². The molecule has 8 heteroatoms. The lowest BCUT2D eigenvalue weighted by Gasteiger charge is -2.36. The minimum absolute atomic E-state index is 0.00726. The number of nitrogens with zero attached hydrogens (tertiary/aromatic N) is 3. The summed E-state index contributed by atoms with van der Waals surface area (Å²) in [6.07, 6.45) is 1.25. The molecule has 0 bridgehead atoms. The number of nitrogens with one attached hydrogen (secondary N) is 1. The number of ether oxygens (including phenoxy) is 1. The number of para-hydroxylation sites is 1. The first-order valence-electron chi connectivity index (χ1n) is 11.1. The van der Waals surface area contributed by atoms with Gasteiger partial charge in [0.25, 0.3) is 0 Å². The zero-order valence-electron chi connectivity index (χ0n) is 18.3. The second kappa shape index (κ2) is 10.3. The van der Waals surface area contributed by atoms with Crippen LogP contribution in [0.1, 0.15) is 25.3 Å². The highest BCUT2D eigenvalue weighted by Gasteiger charge is 2.29. The van der Waals surface area contributed by atoms with Gasteiger partial charge in [-0.3, -0.25) is 4.79 Å². The van der Waals surface area contributed by atoms with Gasteiger partial charge in [-0.25, -0.2) is 4.99 Å². The molecule has 170 valence electrons. The Labute approximate surface area is 193 Å². The van der Waals surface area contributed by atoms with E-state index in [9.17, 15) is 9.90 Å². The molecule has 1 amide bonds. The van der Waals surface area contributed by atoms with Crippen LogP contribution in [0.4, 0.5) is 5.69 Å². The third-order valence-electron chi connectivity index (χ3n) is 5.69. The van der Waals surface area contributed by atoms with Crippen LogP contribution in [0.5, 0.6) is 11.5 Å². The fourth-order valence-electron chi connectivity index (χ4n) is 4.18. The van der Waals surface area contributed by atoms with Crippen LogP contribution in [-0.2, 0) is 4.79 Å². The van der Waals surface area contributed by atoms with Gasteiger partial charge in [0.2, 0.25) is 5.91 Å². The second-order valence-corrected chi connectivity index (χ2v) is 8.49. The van der Waals surface area contributed by atoms with Crippen molar-refractivity contribution in [2.45, 2.75) is 25.8 Å². The number of amidine groups is 1. The number of aliphatic hydroxyl groups excluding tert-OH is 1. The molecule has 2 heterocycles. The Balaban J connectivity index is 1.58. The van der Waals surface area contributed by atoms with Crippen molar-refractivity contribution in [2.75, 3.05) is 39.3 Å². The number of carbonyl (C=O) groups is 1. The summed E-state index contributed by atoms with van der Waals surface area (Å²) < 4.78 is 6.16. The maximum atomic E-state index is 12.8. The molecular weight excluding hydrogens is 428 g/mol. The molecule has 2 aromatic carbocycles. The molecule has 2 aliphatic heterocycles. The molecule has 0 aromatic heterocycles. The van der Waals surface area contributed by atoms with E-state index in [0.717, 1.165) is 36.7 Å². The molecule has 0 radical (unpaired) electrons. The van der Waals surface area contributed by atoms with Crippen LogP contribution >= 0.6 is 11.6 Å². The fraction of sp³-hybridized carbons (Fsp3) is 0.417. The monoisotopic (exact) mass is 456 g/mol. The molecule has 4 rings (SSSR count). The molecule has 0 saturated carbocycles. The van der Waals surface area contributed by atoms with E-state index in [4.69, 9.17) is 21.3 Å². The minimum atomic E-state index is -0.0223. The molecule has 7 nitrogen and oxygen atoms in total. The standard InChI is InChI=1S/C24H29ClN4O3/c1-2-10-28(12-13-30)23(31)15-18-16-29(11-9-26-18)24-19-5-3-4-6-21(19)32-22-8-7-17(25)14-20(22)27-24/h3-8,14,18,26,30H,2,9-13,15-16H2,1H3/t18-/m0/s1. The molecule has 2 N–H and O–H groups in total. The highest BCUT2D eigenvalue weighted by Crippen LogP contribution is 2.39. The zero-order chi connectivity index (χ0) is 22.5. The third-order valence-corrected chi connectivity index (χ3v) is 5.92. The second-order valence-electron chi connectivity index (χ2n) is 8.05. The highest BCUT2D eigenvalue weighted by molar-refractivity contribution is 6.31. The van der Waals surface area contributed by atoms with Gasteiger partial charge in [0, 0.05) is 50.2 Å². The van der Waals surface area contributed by atoms with Crippen molar-refractivity contribution in [1.82, 2.24) is 15.1 Å². The van der Waals surface area contributed by atoms with Gasteiger partial charge in [-0.1, -0.05) is 30.7 Å². The smallest absolute Gasteiger partial charge is 0.224 e. The lowest BCUT2D eigenvalue weighted by molar-refractivity contribution is -0.132. The largest absolute Gasteiger partial charge is 0.454 e. The van der Waals surface area contributed by atoms with E-state index >= 15 is 0 Å². The number of aliphatic hydroxyl groups is 1. The predicted octanol–water partition coefficient (Wildman–Crippen LogP) is 3.42. The summed E-state index contributed by atoms with van der Waals surface area (Å²) in [7, 11) is 0. The summed E-state index contributed by atoms with van der Waals surface area (Å²) in [4.78, 5) is 21.7. The van der Waals surface area contributed by atoms with Gasteiger partial charge in [0.1, 0.15) is 17.3 Å². The van der Waals surface area contributed by atoms with Crippen LogP contribution in [0.3, 0.4) is 0 Å². The van der Waals surface area contributed by atoms with Gasteiger partial charge in [-0.2, -0.15) is 0 Å². The van der Waals surface area contributed by atoms with E-state index in [1.807, 2.05) is 43.3 Å². The van der Waals surface area contributed by atoms with Gasteiger partial charge >= 0.3 is 0 Å². The van der Waals surface area contributed by atoms with E-state index in [0.29, 0.717) is 42.5 Å². The number of halogens is 1. The number of benzene rings is 2. The first kappa shape index (κ1) is 22.6. The predicted molar refractivity (Wildman–Crippen MR) is 126 cm³/mol. The number of aliphatic imine (C=N–C) groups is 1. The Morgan fingerprint density at radius 2 is 2.12 bits per heavy atom. The lowest BCUT2D eigenvalue weighted by Crippen LogP contribution is -2.54. The van der Waals surface area contributed by atoms with E-state index in [1.165, 1.54) is 0 Å². The van der Waals surface area contributed by atoms with Gasteiger partial charge in [0.15, 0.2) is 5.75 Å². The highest BCUT2D eigenvalue weighted by atomic mass is 35.5. The van der Waals surface area contributed by atoms with E-state index < -0.39 is 0 Å². The maximum absolute atomic E-state index is 12.8. The lowest BCUT2D eigenvalue weighted by atomic mass is 10.1. The van der Waals surface area contributed by atoms with Gasteiger partial charge in [-0.15, -0.1) is 0 Å². The molecule has 0 unspecified atom stereocenters. The summed E-state index contributed by atoms with van der Waals surface area (Å²) in [5.41, 5.74) is 1.60. The molecule has 2 aliphatic rings. The molecule has 2 aromatic rings. The minimum Gasteiger partial charge on any atom is -0.454 e.